The first-order valence-corrected chi connectivity index (χ1v) is 3.50. The molecule has 0 aliphatic carbocycles. The van der Waals surface area contributed by atoms with E-state index in [1.807, 2.05) is 13.0 Å². The van der Waals surface area contributed by atoms with Crippen LogP contribution >= 0.6 is 12.5 Å². The maximum Gasteiger partial charge on any atom is 0.392 e. The molecule has 0 unspecified atom stereocenters. The number of aromatic nitrogens is 1. The van der Waals surface area contributed by atoms with Crippen LogP contribution in [-0.4, -0.2) is 16.2 Å². The summed E-state index contributed by atoms with van der Waals surface area (Å²) in [6, 6.07) is 3.65. The molecule has 0 bridgehead atoms. The van der Waals surface area contributed by atoms with Crippen LogP contribution in [0.4, 0.5) is 0 Å². The predicted octanol–water partition coefficient (Wildman–Crippen LogP) is 0.00732. The summed E-state index contributed by atoms with van der Waals surface area (Å²) >= 11 is 3.84. The molecule has 52 valence electrons. The summed E-state index contributed by atoms with van der Waals surface area (Å²) in [4.78, 5) is 3.99. The lowest BCUT2D eigenvalue weighted by Crippen LogP contribution is -2.24. The summed E-state index contributed by atoms with van der Waals surface area (Å²) in [7, 11) is 0. The second kappa shape index (κ2) is 3.08. The molecule has 0 amide bonds. The number of hydrogen-bond acceptors (Lipinski definition) is 3. The van der Waals surface area contributed by atoms with Crippen molar-refractivity contribution in [1.29, 1.82) is 0 Å². The molecule has 0 saturated carbocycles. The van der Waals surface area contributed by atoms with E-state index in [4.69, 9.17) is 5.02 Å². The van der Waals surface area contributed by atoms with Gasteiger partial charge in [-0.3, -0.25) is 4.98 Å². The van der Waals surface area contributed by atoms with Crippen LogP contribution in [0.3, 0.4) is 0 Å². The van der Waals surface area contributed by atoms with E-state index in [1.165, 1.54) is 0 Å². The number of thiol groups is 1. The lowest BCUT2D eigenvalue weighted by atomic mass is 9.88. The predicted molar refractivity (Wildman–Crippen MR) is 45.6 cm³/mol. The summed E-state index contributed by atoms with van der Waals surface area (Å²) in [5, 5.41) is 8.94. The monoisotopic (exact) mass is 153 g/mol. The van der Waals surface area contributed by atoms with Gasteiger partial charge in [-0.2, -0.15) is 12.5 Å². The van der Waals surface area contributed by atoms with Crippen molar-refractivity contribution in [2.45, 2.75) is 6.92 Å². The molecule has 1 heterocycles. The van der Waals surface area contributed by atoms with Gasteiger partial charge in [0, 0.05) is 11.9 Å². The third kappa shape index (κ3) is 1.75. The normalized spacial score (nSPS) is 9.50. The fraction of sp³-hybridized carbons (Fsp3) is 0.167. The standard InChI is InChI=1S/C6H8BNOS/c1-5-2-3-6(4-8-5)7(9)10/h2-4,9-10H,1H3. The van der Waals surface area contributed by atoms with Gasteiger partial charge < -0.3 is 5.02 Å². The number of hydrogen-bond donors (Lipinski definition) is 2. The fourth-order valence-corrected chi connectivity index (χ4v) is 0.785. The number of rotatable bonds is 1. The van der Waals surface area contributed by atoms with Crippen LogP contribution in [0.15, 0.2) is 18.3 Å². The molecule has 0 aliphatic heterocycles. The molecule has 0 saturated heterocycles. The molecule has 2 nitrogen and oxygen atoms in total. The molecular formula is C6H8BNOS. The van der Waals surface area contributed by atoms with Crippen molar-refractivity contribution in [2.24, 2.45) is 0 Å². The van der Waals surface area contributed by atoms with Crippen LogP contribution in [0.25, 0.3) is 0 Å². The van der Waals surface area contributed by atoms with Crippen molar-refractivity contribution in [2.75, 3.05) is 0 Å². The van der Waals surface area contributed by atoms with Gasteiger partial charge in [0.25, 0.3) is 0 Å². The maximum absolute atomic E-state index is 8.94. The van der Waals surface area contributed by atoms with Crippen LogP contribution in [-0.2, 0) is 0 Å². The molecule has 10 heavy (non-hydrogen) atoms. The average Bonchev–Trinajstić information content (AvgIpc) is 1.88. The molecular weight excluding hydrogens is 145 g/mol. The van der Waals surface area contributed by atoms with Gasteiger partial charge in [-0.05, 0) is 18.5 Å². The summed E-state index contributed by atoms with van der Waals surface area (Å²) in [6.45, 7) is 1.90. The molecule has 4 heteroatoms. The SMILES string of the molecule is Cc1ccc(B(O)S)cn1. The highest BCUT2D eigenvalue weighted by atomic mass is 32.1. The van der Waals surface area contributed by atoms with Gasteiger partial charge in [0.2, 0.25) is 0 Å². The van der Waals surface area contributed by atoms with E-state index in [-0.39, 0.29) is 0 Å². The van der Waals surface area contributed by atoms with Crippen molar-refractivity contribution in [1.82, 2.24) is 4.98 Å². The maximum atomic E-state index is 8.94. The molecule has 0 aliphatic rings. The molecule has 1 aromatic heterocycles. The van der Waals surface area contributed by atoms with Crippen LogP contribution in [0.2, 0.25) is 0 Å². The van der Waals surface area contributed by atoms with Crippen LogP contribution < -0.4 is 5.46 Å². The van der Waals surface area contributed by atoms with E-state index in [1.54, 1.807) is 12.3 Å². The highest BCUT2D eigenvalue weighted by Gasteiger charge is 2.06. The second-order valence-electron chi connectivity index (χ2n) is 2.11. The first kappa shape index (κ1) is 7.63. The van der Waals surface area contributed by atoms with Gasteiger partial charge in [0.05, 0.1) is 0 Å². The molecule has 0 aromatic carbocycles. The largest absolute Gasteiger partial charge is 0.438 e. The quantitative estimate of drug-likeness (QED) is 0.440. The molecule has 1 N–H and O–H groups in total. The fourth-order valence-electron chi connectivity index (χ4n) is 0.632. The summed E-state index contributed by atoms with van der Waals surface area (Å²) < 4.78 is 0. The minimum atomic E-state index is -0.715. The first-order valence-electron chi connectivity index (χ1n) is 2.99. The zero-order valence-corrected chi connectivity index (χ0v) is 6.55. The number of pyridine rings is 1. The zero-order valence-electron chi connectivity index (χ0n) is 5.65. The average molecular weight is 153 g/mol. The van der Waals surface area contributed by atoms with Gasteiger partial charge in [0.15, 0.2) is 0 Å². The topological polar surface area (TPSA) is 33.1 Å². The van der Waals surface area contributed by atoms with E-state index in [2.05, 4.69) is 17.5 Å². The minimum absolute atomic E-state index is 0.715. The lowest BCUT2D eigenvalue weighted by molar-refractivity contribution is 0.609. The first-order chi connectivity index (χ1) is 4.70. The Morgan fingerprint density at radius 3 is 2.70 bits per heavy atom. The van der Waals surface area contributed by atoms with Crippen molar-refractivity contribution >= 4 is 24.1 Å². The van der Waals surface area contributed by atoms with E-state index in [0.29, 0.717) is 0 Å². The molecule has 1 rings (SSSR count). The van der Waals surface area contributed by atoms with Crippen molar-refractivity contribution < 1.29 is 5.02 Å². The van der Waals surface area contributed by atoms with Crippen LogP contribution in [0.1, 0.15) is 5.69 Å². The van der Waals surface area contributed by atoms with Gasteiger partial charge in [-0.25, -0.2) is 0 Å². The Labute approximate surface area is 65.7 Å². The van der Waals surface area contributed by atoms with Crippen LogP contribution in [0.5, 0.6) is 0 Å². The number of nitrogens with zero attached hydrogens (tertiary/aromatic N) is 1. The summed E-state index contributed by atoms with van der Waals surface area (Å²) in [5.74, 6) is 0. The molecule has 0 fully saturated rings. The Balaban J connectivity index is 2.89. The molecule has 0 spiro atoms. The van der Waals surface area contributed by atoms with E-state index in [0.717, 1.165) is 11.2 Å². The number of aryl methyl sites for hydroxylation is 1. The smallest absolute Gasteiger partial charge is 0.392 e. The molecule has 1 aromatic rings. The van der Waals surface area contributed by atoms with E-state index >= 15 is 0 Å². The minimum Gasteiger partial charge on any atom is -0.438 e. The highest BCUT2D eigenvalue weighted by molar-refractivity contribution is 8.10. The van der Waals surface area contributed by atoms with Crippen molar-refractivity contribution in [3.8, 4) is 0 Å². The lowest BCUT2D eigenvalue weighted by Gasteiger charge is -1.97. The van der Waals surface area contributed by atoms with Gasteiger partial charge >= 0.3 is 6.19 Å². The van der Waals surface area contributed by atoms with Crippen molar-refractivity contribution in [3.05, 3.63) is 24.0 Å². The zero-order chi connectivity index (χ0) is 7.56. The van der Waals surface area contributed by atoms with E-state index in [9.17, 15) is 0 Å². The van der Waals surface area contributed by atoms with Gasteiger partial charge in [-0.1, -0.05) is 6.07 Å². The second-order valence-corrected chi connectivity index (χ2v) is 2.60. The van der Waals surface area contributed by atoms with Gasteiger partial charge in [-0.15, -0.1) is 0 Å². The third-order valence-electron chi connectivity index (χ3n) is 1.23. The Morgan fingerprint density at radius 2 is 2.30 bits per heavy atom. The van der Waals surface area contributed by atoms with Crippen molar-refractivity contribution in [3.63, 3.8) is 0 Å². The third-order valence-corrected chi connectivity index (χ3v) is 1.53. The Kier molecular flexibility index (Phi) is 2.35. The molecule has 0 radical (unpaired) electrons. The van der Waals surface area contributed by atoms with E-state index < -0.39 is 6.19 Å². The Hall–Kier alpha value is -0.475. The van der Waals surface area contributed by atoms with Crippen LogP contribution in [0, 0.1) is 6.92 Å². The van der Waals surface area contributed by atoms with Gasteiger partial charge in [0.1, 0.15) is 0 Å². The summed E-state index contributed by atoms with van der Waals surface area (Å²) in [5.41, 5.74) is 1.67. The summed E-state index contributed by atoms with van der Waals surface area (Å²) in [6.07, 6.45) is 0.903. The Morgan fingerprint density at radius 1 is 1.60 bits per heavy atom. The highest BCUT2D eigenvalue weighted by Crippen LogP contribution is 1.90. The molecule has 0 atom stereocenters. The Bertz CT molecular complexity index is 211.